The molecule has 4 aromatic rings. The van der Waals surface area contributed by atoms with Gasteiger partial charge in [0.05, 0.1) is 10.8 Å². The molecular formula is C26H23NO3S. The van der Waals surface area contributed by atoms with E-state index in [9.17, 15) is 13.2 Å². The molecule has 0 aliphatic carbocycles. The van der Waals surface area contributed by atoms with Crippen LogP contribution in [0.3, 0.4) is 0 Å². The van der Waals surface area contributed by atoms with Crippen molar-refractivity contribution in [1.29, 1.82) is 0 Å². The molecule has 1 aromatic heterocycles. The molecule has 0 N–H and O–H groups in total. The van der Waals surface area contributed by atoms with Crippen LogP contribution in [0, 0.1) is 0 Å². The Labute approximate surface area is 182 Å². The number of carbonyl (C=O) groups is 1. The van der Waals surface area contributed by atoms with Crippen molar-refractivity contribution in [1.82, 2.24) is 4.98 Å². The summed E-state index contributed by atoms with van der Waals surface area (Å²) in [5.41, 5.74) is 6.53. The van der Waals surface area contributed by atoms with Crippen LogP contribution in [-0.4, -0.2) is 31.2 Å². The highest BCUT2D eigenvalue weighted by molar-refractivity contribution is 7.91. The van der Waals surface area contributed by atoms with Gasteiger partial charge in [-0.3, -0.25) is 9.78 Å². The van der Waals surface area contributed by atoms with Crippen LogP contribution in [0.25, 0.3) is 33.2 Å². The SMILES string of the molecule is CC(Cc1cc(-c2cccc(-c3ccc(C=O)cc3)c2)c2ncccc2c1)S(C)(=O)=O. The van der Waals surface area contributed by atoms with Gasteiger partial charge in [0.25, 0.3) is 0 Å². The molecule has 0 radical (unpaired) electrons. The summed E-state index contributed by atoms with van der Waals surface area (Å²) in [5, 5.41) is 0.522. The standard InChI is InChI=1S/C26H23NO3S/c1-18(31(2,29)30)13-20-14-24-7-4-12-27-26(24)25(15-20)23-6-3-5-22(16-23)21-10-8-19(17-28)9-11-21/h3-12,14-18H,13H2,1-2H3. The first kappa shape index (κ1) is 20.9. The minimum absolute atomic E-state index is 0.448. The zero-order valence-corrected chi connectivity index (χ0v) is 18.3. The van der Waals surface area contributed by atoms with Gasteiger partial charge in [-0.2, -0.15) is 0 Å². The number of aldehydes is 1. The van der Waals surface area contributed by atoms with Crippen LogP contribution < -0.4 is 0 Å². The molecule has 156 valence electrons. The van der Waals surface area contributed by atoms with Crippen LogP contribution in [0.1, 0.15) is 22.8 Å². The van der Waals surface area contributed by atoms with Gasteiger partial charge in [0.15, 0.2) is 0 Å². The molecule has 0 spiro atoms. The van der Waals surface area contributed by atoms with Gasteiger partial charge in [-0.1, -0.05) is 48.5 Å². The lowest BCUT2D eigenvalue weighted by atomic mass is 9.94. The fraction of sp³-hybridized carbons (Fsp3) is 0.154. The third-order valence-electron chi connectivity index (χ3n) is 5.57. The van der Waals surface area contributed by atoms with E-state index in [0.29, 0.717) is 12.0 Å². The normalized spacial score (nSPS) is 12.6. The van der Waals surface area contributed by atoms with Gasteiger partial charge >= 0.3 is 0 Å². The van der Waals surface area contributed by atoms with E-state index in [1.165, 1.54) is 6.26 Å². The second-order valence-corrected chi connectivity index (χ2v) is 10.3. The number of rotatable bonds is 6. The molecular weight excluding hydrogens is 406 g/mol. The first-order chi connectivity index (χ1) is 14.8. The van der Waals surface area contributed by atoms with Crippen LogP contribution >= 0.6 is 0 Å². The Bertz CT molecular complexity index is 1360. The molecule has 1 unspecified atom stereocenters. The lowest BCUT2D eigenvalue weighted by Gasteiger charge is -2.14. The molecule has 4 nitrogen and oxygen atoms in total. The van der Waals surface area contributed by atoms with Gasteiger partial charge in [-0.25, -0.2) is 8.42 Å². The predicted molar refractivity (Wildman–Crippen MR) is 126 cm³/mol. The van der Waals surface area contributed by atoms with Gasteiger partial charge in [-0.05, 0) is 59.9 Å². The lowest BCUT2D eigenvalue weighted by Crippen LogP contribution is -2.18. The molecule has 3 aromatic carbocycles. The second kappa shape index (κ2) is 8.44. The Morgan fingerprint density at radius 2 is 1.65 bits per heavy atom. The van der Waals surface area contributed by atoms with Crippen molar-refractivity contribution >= 4 is 27.0 Å². The van der Waals surface area contributed by atoms with E-state index in [2.05, 4.69) is 11.1 Å². The fourth-order valence-corrected chi connectivity index (χ4v) is 4.19. The molecule has 0 aliphatic rings. The van der Waals surface area contributed by atoms with Gasteiger partial charge < -0.3 is 0 Å². The first-order valence-corrected chi connectivity index (χ1v) is 12.0. The topological polar surface area (TPSA) is 64.1 Å². The average Bonchev–Trinajstić information content (AvgIpc) is 2.78. The largest absolute Gasteiger partial charge is 0.298 e. The maximum Gasteiger partial charge on any atom is 0.150 e. The number of carbonyl (C=O) groups excluding carboxylic acids is 1. The van der Waals surface area contributed by atoms with Crippen LogP contribution in [0.5, 0.6) is 0 Å². The van der Waals surface area contributed by atoms with Crippen molar-refractivity contribution in [3.05, 3.63) is 90.1 Å². The van der Waals surface area contributed by atoms with Crippen molar-refractivity contribution in [3.8, 4) is 22.3 Å². The smallest absolute Gasteiger partial charge is 0.150 e. The number of nitrogens with zero attached hydrogens (tertiary/aromatic N) is 1. The average molecular weight is 430 g/mol. The number of pyridine rings is 1. The van der Waals surface area contributed by atoms with Gasteiger partial charge in [0, 0.05) is 29.0 Å². The molecule has 5 heteroatoms. The Kier molecular flexibility index (Phi) is 5.70. The fourth-order valence-electron chi connectivity index (χ4n) is 3.70. The molecule has 0 fully saturated rings. The molecule has 0 saturated carbocycles. The summed E-state index contributed by atoms with van der Waals surface area (Å²) in [7, 11) is -3.12. The first-order valence-electron chi connectivity index (χ1n) is 10.1. The maximum absolute atomic E-state index is 12.0. The predicted octanol–water partition coefficient (Wildman–Crippen LogP) is 5.36. The number of sulfone groups is 1. The minimum Gasteiger partial charge on any atom is -0.298 e. The summed E-state index contributed by atoms with van der Waals surface area (Å²) in [5.74, 6) is 0. The van der Waals surface area contributed by atoms with Gasteiger partial charge in [-0.15, -0.1) is 0 Å². The number of aromatic nitrogens is 1. The van der Waals surface area contributed by atoms with Gasteiger partial charge in [0.2, 0.25) is 0 Å². The summed E-state index contributed by atoms with van der Waals surface area (Å²) in [4.78, 5) is 15.5. The number of benzene rings is 3. The molecule has 1 heterocycles. The van der Waals surface area contributed by atoms with Crippen molar-refractivity contribution in [3.63, 3.8) is 0 Å². The summed E-state index contributed by atoms with van der Waals surface area (Å²) in [6.07, 6.45) is 4.33. The maximum atomic E-state index is 12.0. The number of fused-ring (bicyclic) bond motifs is 1. The minimum atomic E-state index is -3.12. The lowest BCUT2D eigenvalue weighted by molar-refractivity contribution is 0.112. The molecule has 4 rings (SSSR count). The highest BCUT2D eigenvalue weighted by Gasteiger charge is 2.17. The zero-order valence-electron chi connectivity index (χ0n) is 17.4. The van der Waals surface area contributed by atoms with Crippen molar-refractivity contribution in [2.75, 3.05) is 6.26 Å². The second-order valence-electron chi connectivity index (χ2n) is 7.88. The molecule has 0 bridgehead atoms. The monoisotopic (exact) mass is 429 g/mol. The van der Waals surface area contributed by atoms with Crippen LogP contribution in [0.4, 0.5) is 0 Å². The summed E-state index contributed by atoms with van der Waals surface area (Å²) >= 11 is 0. The Hall–Kier alpha value is -3.31. The van der Waals surface area contributed by atoms with E-state index in [1.54, 1.807) is 25.3 Å². The molecule has 0 aliphatic heterocycles. The quantitative estimate of drug-likeness (QED) is 0.387. The van der Waals surface area contributed by atoms with Crippen molar-refractivity contribution < 1.29 is 13.2 Å². The Morgan fingerprint density at radius 3 is 2.35 bits per heavy atom. The van der Waals surface area contributed by atoms with Crippen molar-refractivity contribution in [2.24, 2.45) is 0 Å². The van der Waals surface area contributed by atoms with Crippen LogP contribution in [-0.2, 0) is 16.3 Å². The Morgan fingerprint density at radius 1 is 0.903 bits per heavy atom. The third kappa shape index (κ3) is 4.57. The molecule has 0 saturated heterocycles. The zero-order chi connectivity index (χ0) is 22.0. The molecule has 0 amide bonds. The van der Waals surface area contributed by atoms with E-state index in [-0.39, 0.29) is 0 Å². The number of hydrogen-bond acceptors (Lipinski definition) is 4. The Balaban J connectivity index is 1.82. The summed E-state index contributed by atoms with van der Waals surface area (Å²) < 4.78 is 23.9. The van der Waals surface area contributed by atoms with E-state index >= 15 is 0 Å². The van der Waals surface area contributed by atoms with Crippen molar-refractivity contribution in [2.45, 2.75) is 18.6 Å². The number of hydrogen-bond donors (Lipinski definition) is 0. The van der Waals surface area contributed by atoms with E-state index in [4.69, 9.17) is 0 Å². The van der Waals surface area contributed by atoms with Gasteiger partial charge in [0.1, 0.15) is 16.1 Å². The molecule has 1 atom stereocenters. The van der Waals surface area contributed by atoms with E-state index in [0.717, 1.165) is 45.0 Å². The van der Waals surface area contributed by atoms with Crippen LogP contribution in [0.15, 0.2) is 79.0 Å². The molecule has 31 heavy (non-hydrogen) atoms. The van der Waals surface area contributed by atoms with E-state index in [1.807, 2.05) is 54.6 Å². The third-order valence-corrected chi connectivity index (χ3v) is 7.20. The van der Waals surface area contributed by atoms with Crippen LogP contribution in [0.2, 0.25) is 0 Å². The highest BCUT2D eigenvalue weighted by Crippen LogP contribution is 2.32. The summed E-state index contributed by atoms with van der Waals surface area (Å²) in [6, 6.07) is 23.6. The summed E-state index contributed by atoms with van der Waals surface area (Å²) in [6.45, 7) is 1.74. The highest BCUT2D eigenvalue weighted by atomic mass is 32.2. The van der Waals surface area contributed by atoms with E-state index < -0.39 is 15.1 Å².